The number of benzene rings is 2. The van der Waals surface area contributed by atoms with Gasteiger partial charge in [0.2, 0.25) is 0 Å². The van der Waals surface area contributed by atoms with Gasteiger partial charge in [-0.15, -0.1) is 0 Å². The van der Waals surface area contributed by atoms with Crippen LogP contribution in [-0.4, -0.2) is 29.8 Å². The number of nitriles is 1. The number of halogens is 2. The Bertz CT molecular complexity index is 1180. The molecule has 33 heavy (non-hydrogen) atoms. The number of aromatic nitrogens is 1. The van der Waals surface area contributed by atoms with Crippen LogP contribution in [0.2, 0.25) is 5.15 Å². The summed E-state index contributed by atoms with van der Waals surface area (Å²) in [6.45, 7) is 0.663. The first kappa shape index (κ1) is 24.9. The molecule has 0 aliphatic carbocycles. The molecule has 1 heterocycles. The number of hydrogen-bond donors (Lipinski definition) is 1. The Morgan fingerprint density at radius 3 is 2.73 bits per heavy atom. The van der Waals surface area contributed by atoms with Crippen molar-refractivity contribution in [1.82, 2.24) is 4.98 Å². The van der Waals surface area contributed by atoms with Crippen LogP contribution in [-0.2, 0) is 33.7 Å². The minimum atomic E-state index is -0.960. The van der Waals surface area contributed by atoms with Gasteiger partial charge in [0.05, 0.1) is 44.1 Å². The molecule has 3 rings (SSSR count). The van der Waals surface area contributed by atoms with E-state index in [4.69, 9.17) is 21.1 Å². The summed E-state index contributed by atoms with van der Waals surface area (Å²) in [6.07, 6.45) is -0.315. The van der Waals surface area contributed by atoms with E-state index in [1.54, 1.807) is 36.4 Å². The van der Waals surface area contributed by atoms with Crippen molar-refractivity contribution in [2.45, 2.75) is 25.6 Å². The second-order valence-electron chi connectivity index (χ2n) is 7.28. The summed E-state index contributed by atoms with van der Waals surface area (Å²) in [5.74, 6) is -0.318. The van der Waals surface area contributed by atoms with E-state index in [0.29, 0.717) is 41.6 Å². The summed E-state index contributed by atoms with van der Waals surface area (Å²) in [5.41, 5.74) is 4.05. The van der Waals surface area contributed by atoms with E-state index in [2.05, 4.69) is 27.0 Å². The molecule has 0 spiro atoms. The molecular weight excluding hydrogens is 508 g/mol. The zero-order chi connectivity index (χ0) is 23.8. The first-order chi connectivity index (χ1) is 15.9. The van der Waals surface area contributed by atoms with Crippen LogP contribution in [0.1, 0.15) is 39.6 Å². The summed E-state index contributed by atoms with van der Waals surface area (Å²) < 4.78 is 11.5. The first-order valence-corrected chi connectivity index (χ1v) is 11.3. The lowest BCUT2D eigenvalue weighted by atomic mass is 9.98. The smallest absolute Gasteiger partial charge is 0.309 e. The molecule has 1 N–H and O–H groups in total. The lowest BCUT2D eigenvalue weighted by Gasteiger charge is -2.14. The van der Waals surface area contributed by atoms with Gasteiger partial charge in [-0.3, -0.25) is 4.79 Å². The van der Waals surface area contributed by atoms with Crippen LogP contribution in [0.4, 0.5) is 0 Å². The maximum absolute atomic E-state index is 11.7. The Hall–Kier alpha value is -2.76. The maximum atomic E-state index is 11.7. The molecule has 1 atom stereocenters. The van der Waals surface area contributed by atoms with E-state index in [1.165, 1.54) is 7.11 Å². The SMILES string of the molecule is COC(=O)Cc1ccc(Br)cc1COCCc1cc(C(O)c2cccc(Cl)n2)ccc1C#N. The number of nitrogens with zero attached hydrogens (tertiary/aromatic N) is 2. The summed E-state index contributed by atoms with van der Waals surface area (Å²) in [7, 11) is 1.36. The van der Waals surface area contributed by atoms with Crippen LogP contribution in [0.15, 0.2) is 59.1 Å². The predicted molar refractivity (Wildman–Crippen MR) is 128 cm³/mol. The van der Waals surface area contributed by atoms with E-state index < -0.39 is 6.10 Å². The van der Waals surface area contributed by atoms with Crippen molar-refractivity contribution in [2.24, 2.45) is 0 Å². The van der Waals surface area contributed by atoms with Gasteiger partial charge in [0.15, 0.2) is 0 Å². The number of carbonyl (C=O) groups excluding carboxylic acids is 1. The molecule has 3 aromatic rings. The molecule has 0 saturated heterocycles. The lowest BCUT2D eigenvalue weighted by molar-refractivity contribution is -0.139. The monoisotopic (exact) mass is 528 g/mol. The van der Waals surface area contributed by atoms with Gasteiger partial charge in [0.1, 0.15) is 11.3 Å². The molecule has 0 bridgehead atoms. The van der Waals surface area contributed by atoms with Gasteiger partial charge in [0, 0.05) is 4.47 Å². The van der Waals surface area contributed by atoms with Crippen molar-refractivity contribution in [3.63, 3.8) is 0 Å². The number of methoxy groups -OCH3 is 1. The molecule has 0 radical (unpaired) electrons. The fourth-order valence-electron chi connectivity index (χ4n) is 3.34. The number of pyridine rings is 1. The van der Waals surface area contributed by atoms with E-state index >= 15 is 0 Å². The molecule has 0 aliphatic heterocycles. The number of aliphatic hydroxyl groups is 1. The van der Waals surface area contributed by atoms with Crippen molar-refractivity contribution in [2.75, 3.05) is 13.7 Å². The van der Waals surface area contributed by atoms with Gasteiger partial charge in [0.25, 0.3) is 0 Å². The highest BCUT2D eigenvalue weighted by molar-refractivity contribution is 9.10. The minimum absolute atomic E-state index is 0.165. The van der Waals surface area contributed by atoms with Gasteiger partial charge in [-0.2, -0.15) is 5.26 Å². The van der Waals surface area contributed by atoms with Crippen molar-refractivity contribution < 1.29 is 19.4 Å². The Balaban J connectivity index is 1.68. The van der Waals surface area contributed by atoms with Crippen LogP contribution in [0, 0.1) is 11.3 Å². The summed E-state index contributed by atoms with van der Waals surface area (Å²) in [4.78, 5) is 15.8. The van der Waals surface area contributed by atoms with Gasteiger partial charge in [-0.05, 0) is 59.0 Å². The van der Waals surface area contributed by atoms with E-state index in [0.717, 1.165) is 21.2 Å². The Morgan fingerprint density at radius 2 is 2.00 bits per heavy atom. The van der Waals surface area contributed by atoms with Crippen molar-refractivity contribution in [3.8, 4) is 6.07 Å². The molecule has 0 aliphatic rings. The molecule has 0 amide bonds. The first-order valence-electron chi connectivity index (χ1n) is 10.2. The average molecular weight is 530 g/mol. The third-order valence-electron chi connectivity index (χ3n) is 5.09. The second-order valence-corrected chi connectivity index (χ2v) is 8.59. The number of hydrogen-bond acceptors (Lipinski definition) is 6. The number of carbonyl (C=O) groups is 1. The number of esters is 1. The molecule has 2 aromatic carbocycles. The molecule has 8 heteroatoms. The second kappa shape index (κ2) is 11.9. The third-order valence-corrected chi connectivity index (χ3v) is 5.79. The van der Waals surface area contributed by atoms with Crippen molar-refractivity contribution in [3.05, 3.63) is 97.7 Å². The van der Waals surface area contributed by atoms with Gasteiger partial charge in [-0.25, -0.2) is 4.98 Å². The highest BCUT2D eigenvalue weighted by atomic mass is 79.9. The molecule has 6 nitrogen and oxygen atoms in total. The van der Waals surface area contributed by atoms with Crippen LogP contribution < -0.4 is 0 Å². The van der Waals surface area contributed by atoms with Crippen LogP contribution in [0.3, 0.4) is 0 Å². The lowest BCUT2D eigenvalue weighted by Crippen LogP contribution is -2.09. The van der Waals surface area contributed by atoms with Gasteiger partial charge >= 0.3 is 5.97 Å². The fraction of sp³-hybridized carbons (Fsp3) is 0.240. The zero-order valence-corrected chi connectivity index (χ0v) is 20.3. The zero-order valence-electron chi connectivity index (χ0n) is 17.9. The quantitative estimate of drug-likeness (QED) is 0.240. The summed E-state index contributed by atoms with van der Waals surface area (Å²) in [5, 5.41) is 20.5. The summed E-state index contributed by atoms with van der Waals surface area (Å²) in [6, 6.07) is 18.1. The van der Waals surface area contributed by atoms with Crippen LogP contribution >= 0.6 is 27.5 Å². The Labute approximate surface area is 205 Å². The minimum Gasteiger partial charge on any atom is -0.469 e. The molecule has 1 aromatic heterocycles. The average Bonchev–Trinajstić information content (AvgIpc) is 2.82. The highest BCUT2D eigenvalue weighted by Gasteiger charge is 2.15. The van der Waals surface area contributed by atoms with E-state index in [-0.39, 0.29) is 12.4 Å². The summed E-state index contributed by atoms with van der Waals surface area (Å²) >= 11 is 9.38. The fourth-order valence-corrected chi connectivity index (χ4v) is 3.92. The van der Waals surface area contributed by atoms with Gasteiger partial charge in [-0.1, -0.05) is 51.8 Å². The maximum Gasteiger partial charge on any atom is 0.309 e. The topological polar surface area (TPSA) is 92.4 Å². The van der Waals surface area contributed by atoms with Crippen LogP contribution in [0.5, 0.6) is 0 Å². The third kappa shape index (κ3) is 6.86. The van der Waals surface area contributed by atoms with Gasteiger partial charge < -0.3 is 14.6 Å². The molecule has 1 unspecified atom stereocenters. The van der Waals surface area contributed by atoms with E-state index in [9.17, 15) is 15.2 Å². The highest BCUT2D eigenvalue weighted by Crippen LogP contribution is 2.24. The van der Waals surface area contributed by atoms with Crippen molar-refractivity contribution >= 4 is 33.5 Å². The Morgan fingerprint density at radius 1 is 1.18 bits per heavy atom. The predicted octanol–water partition coefficient (Wildman–Crippen LogP) is 4.93. The largest absolute Gasteiger partial charge is 0.469 e. The molecule has 170 valence electrons. The van der Waals surface area contributed by atoms with E-state index in [1.807, 2.05) is 18.2 Å². The molecule has 0 saturated carbocycles. The molecule has 0 fully saturated rings. The van der Waals surface area contributed by atoms with Crippen molar-refractivity contribution in [1.29, 1.82) is 5.26 Å². The number of aliphatic hydroxyl groups excluding tert-OH is 1. The Kier molecular flexibility index (Phi) is 8.98. The number of ether oxygens (including phenoxy) is 2. The molecular formula is C25H22BrClN2O4. The normalized spacial score (nSPS) is 11.6. The van der Waals surface area contributed by atoms with Crippen LogP contribution in [0.25, 0.3) is 0 Å². The standard InChI is InChI=1S/C25H22BrClN2O4/c1-32-24(30)13-16-7-8-21(26)12-20(16)15-33-10-9-17-11-18(5-6-19(17)14-28)25(31)22-3-2-4-23(27)29-22/h2-8,11-12,25,31H,9-10,13,15H2,1H3. The number of rotatable bonds is 9.